The molecule has 0 atom stereocenters. The molecule has 0 amide bonds. The standard InChI is InChI=1S/C20H19N5O2S/c1-12-9-16(14(3)25(12)18-10-13(2)27-24-18)17(26)11-28-20-21-19(22-23-20)15-7-5-4-6-8-15/h4-10H,11H2,1-3H3,(H,21,22,23). The minimum atomic E-state index is 0.0237. The molecule has 142 valence electrons. The summed E-state index contributed by atoms with van der Waals surface area (Å²) in [5, 5.41) is 11.7. The largest absolute Gasteiger partial charge is 0.360 e. The molecule has 0 saturated heterocycles. The highest BCUT2D eigenvalue weighted by atomic mass is 32.2. The lowest BCUT2D eigenvalue weighted by Crippen LogP contribution is -2.06. The fraction of sp³-hybridized carbons (Fsp3) is 0.200. The van der Waals surface area contributed by atoms with E-state index >= 15 is 0 Å². The van der Waals surface area contributed by atoms with Gasteiger partial charge in [-0.3, -0.25) is 14.5 Å². The molecular weight excluding hydrogens is 374 g/mol. The molecule has 0 spiro atoms. The fourth-order valence-electron chi connectivity index (χ4n) is 3.10. The first-order chi connectivity index (χ1) is 13.5. The van der Waals surface area contributed by atoms with E-state index in [-0.39, 0.29) is 11.5 Å². The van der Waals surface area contributed by atoms with Crippen LogP contribution in [0.3, 0.4) is 0 Å². The number of carbonyl (C=O) groups is 1. The van der Waals surface area contributed by atoms with Crippen molar-refractivity contribution in [3.8, 4) is 17.2 Å². The van der Waals surface area contributed by atoms with E-state index in [9.17, 15) is 4.79 Å². The van der Waals surface area contributed by atoms with E-state index in [0.29, 0.717) is 22.4 Å². The smallest absolute Gasteiger partial charge is 0.209 e. The van der Waals surface area contributed by atoms with Crippen LogP contribution in [0, 0.1) is 20.8 Å². The highest BCUT2D eigenvalue weighted by Crippen LogP contribution is 2.24. The number of rotatable bonds is 6. The van der Waals surface area contributed by atoms with Gasteiger partial charge in [-0.25, -0.2) is 4.98 Å². The van der Waals surface area contributed by atoms with Gasteiger partial charge in [0.2, 0.25) is 5.16 Å². The second-order valence-corrected chi connectivity index (χ2v) is 7.40. The number of aromatic amines is 1. The Morgan fingerprint density at radius 3 is 2.68 bits per heavy atom. The maximum Gasteiger partial charge on any atom is 0.209 e. The number of Topliss-reactive ketones (excluding diaryl/α,β-unsaturated/α-hetero) is 1. The zero-order valence-corrected chi connectivity index (χ0v) is 16.6. The second kappa shape index (κ2) is 7.47. The lowest BCUT2D eigenvalue weighted by atomic mass is 10.2. The van der Waals surface area contributed by atoms with Crippen molar-refractivity contribution >= 4 is 17.5 Å². The van der Waals surface area contributed by atoms with E-state index in [1.807, 2.05) is 67.8 Å². The molecule has 1 N–H and O–H groups in total. The van der Waals surface area contributed by atoms with Crippen LogP contribution in [0.2, 0.25) is 0 Å². The molecule has 0 unspecified atom stereocenters. The monoisotopic (exact) mass is 393 g/mol. The average Bonchev–Trinajstić information content (AvgIpc) is 3.40. The number of benzene rings is 1. The summed E-state index contributed by atoms with van der Waals surface area (Å²) in [6, 6.07) is 13.5. The zero-order chi connectivity index (χ0) is 19.7. The SMILES string of the molecule is Cc1cc(-n2c(C)cc(C(=O)CSc3n[nH]c(-c4ccccc4)n3)c2C)no1. The molecule has 0 aliphatic rings. The van der Waals surface area contributed by atoms with Gasteiger partial charge in [0.1, 0.15) is 5.76 Å². The summed E-state index contributed by atoms with van der Waals surface area (Å²) < 4.78 is 7.09. The van der Waals surface area contributed by atoms with Gasteiger partial charge in [-0.05, 0) is 26.8 Å². The highest BCUT2D eigenvalue weighted by Gasteiger charge is 2.19. The van der Waals surface area contributed by atoms with Crippen molar-refractivity contribution in [3.05, 3.63) is 65.2 Å². The Bertz CT molecular complexity index is 1130. The van der Waals surface area contributed by atoms with E-state index in [1.54, 1.807) is 0 Å². The van der Waals surface area contributed by atoms with Crippen LogP contribution in [-0.4, -0.2) is 36.4 Å². The van der Waals surface area contributed by atoms with E-state index < -0.39 is 0 Å². The molecule has 7 nitrogen and oxygen atoms in total. The third kappa shape index (κ3) is 3.50. The number of thioether (sulfide) groups is 1. The Balaban J connectivity index is 1.48. The van der Waals surface area contributed by atoms with Crippen LogP contribution >= 0.6 is 11.8 Å². The van der Waals surface area contributed by atoms with Crippen LogP contribution in [0.5, 0.6) is 0 Å². The van der Waals surface area contributed by atoms with Crippen molar-refractivity contribution in [2.45, 2.75) is 25.9 Å². The van der Waals surface area contributed by atoms with Crippen molar-refractivity contribution in [2.75, 3.05) is 5.75 Å². The van der Waals surface area contributed by atoms with Gasteiger partial charge in [-0.2, -0.15) is 0 Å². The summed E-state index contributed by atoms with van der Waals surface area (Å²) in [6.07, 6.45) is 0. The normalized spacial score (nSPS) is 11.1. The van der Waals surface area contributed by atoms with Gasteiger partial charge in [-0.1, -0.05) is 47.3 Å². The van der Waals surface area contributed by atoms with Crippen LogP contribution in [0.4, 0.5) is 0 Å². The van der Waals surface area contributed by atoms with Crippen molar-refractivity contribution in [1.82, 2.24) is 24.9 Å². The Morgan fingerprint density at radius 1 is 1.18 bits per heavy atom. The van der Waals surface area contributed by atoms with Gasteiger partial charge in [0, 0.05) is 28.6 Å². The molecule has 0 fully saturated rings. The predicted molar refractivity (Wildman–Crippen MR) is 107 cm³/mol. The summed E-state index contributed by atoms with van der Waals surface area (Å²) >= 11 is 1.32. The van der Waals surface area contributed by atoms with Gasteiger partial charge < -0.3 is 4.52 Å². The van der Waals surface area contributed by atoms with Crippen molar-refractivity contribution < 1.29 is 9.32 Å². The maximum absolute atomic E-state index is 12.8. The number of nitrogens with zero attached hydrogens (tertiary/aromatic N) is 4. The minimum absolute atomic E-state index is 0.0237. The topological polar surface area (TPSA) is 89.6 Å². The number of H-pyrrole nitrogens is 1. The highest BCUT2D eigenvalue weighted by molar-refractivity contribution is 7.99. The molecule has 0 aliphatic carbocycles. The first kappa shape index (κ1) is 18.2. The summed E-state index contributed by atoms with van der Waals surface area (Å²) in [5.74, 6) is 2.38. The number of aryl methyl sites for hydroxylation is 2. The summed E-state index contributed by atoms with van der Waals surface area (Å²) in [6.45, 7) is 5.70. The molecule has 8 heteroatoms. The molecule has 0 radical (unpaired) electrons. The number of hydrogen-bond donors (Lipinski definition) is 1. The number of ketones is 1. The molecule has 4 aromatic rings. The second-order valence-electron chi connectivity index (χ2n) is 6.46. The number of carbonyl (C=O) groups excluding carboxylic acids is 1. The first-order valence-electron chi connectivity index (χ1n) is 8.79. The van der Waals surface area contributed by atoms with Gasteiger partial charge >= 0.3 is 0 Å². The first-order valence-corrected chi connectivity index (χ1v) is 9.78. The van der Waals surface area contributed by atoms with Gasteiger partial charge in [-0.15, -0.1) is 5.10 Å². The van der Waals surface area contributed by atoms with Crippen molar-refractivity contribution in [2.24, 2.45) is 0 Å². The molecule has 28 heavy (non-hydrogen) atoms. The number of aromatic nitrogens is 5. The molecule has 0 saturated carbocycles. The number of nitrogens with one attached hydrogen (secondary N) is 1. The van der Waals surface area contributed by atoms with Gasteiger partial charge in [0.05, 0.1) is 5.75 Å². The van der Waals surface area contributed by atoms with Crippen molar-refractivity contribution in [3.63, 3.8) is 0 Å². The molecule has 4 rings (SSSR count). The third-order valence-electron chi connectivity index (χ3n) is 4.42. The molecule has 3 heterocycles. The Kier molecular flexibility index (Phi) is 4.87. The van der Waals surface area contributed by atoms with Gasteiger partial charge in [0.25, 0.3) is 0 Å². The van der Waals surface area contributed by atoms with E-state index in [2.05, 4.69) is 20.3 Å². The molecule has 3 aromatic heterocycles. The predicted octanol–water partition coefficient (Wildman–Crippen LogP) is 4.15. The molecular formula is C20H19N5O2S. The lowest BCUT2D eigenvalue weighted by molar-refractivity contribution is 0.102. The van der Waals surface area contributed by atoms with E-state index in [4.69, 9.17) is 4.52 Å². The Morgan fingerprint density at radius 2 is 1.96 bits per heavy atom. The van der Waals surface area contributed by atoms with Gasteiger partial charge in [0.15, 0.2) is 17.4 Å². The van der Waals surface area contributed by atoms with E-state index in [1.165, 1.54) is 11.8 Å². The fourth-order valence-corrected chi connectivity index (χ4v) is 3.78. The summed E-state index contributed by atoms with van der Waals surface area (Å²) in [5.41, 5.74) is 3.41. The lowest BCUT2D eigenvalue weighted by Gasteiger charge is -2.04. The Hall–Kier alpha value is -3.13. The average molecular weight is 393 g/mol. The zero-order valence-electron chi connectivity index (χ0n) is 15.8. The van der Waals surface area contributed by atoms with Crippen LogP contribution < -0.4 is 0 Å². The molecule has 0 bridgehead atoms. The van der Waals surface area contributed by atoms with Crippen LogP contribution in [0.25, 0.3) is 17.2 Å². The number of hydrogen-bond acceptors (Lipinski definition) is 6. The molecule has 1 aromatic carbocycles. The molecule has 0 aliphatic heterocycles. The van der Waals surface area contributed by atoms with Crippen LogP contribution in [0.1, 0.15) is 27.5 Å². The van der Waals surface area contributed by atoms with Crippen LogP contribution in [0.15, 0.2) is 52.1 Å². The maximum atomic E-state index is 12.8. The summed E-state index contributed by atoms with van der Waals surface area (Å²) in [4.78, 5) is 17.2. The van der Waals surface area contributed by atoms with E-state index in [0.717, 1.165) is 22.7 Å². The minimum Gasteiger partial charge on any atom is -0.360 e. The third-order valence-corrected chi connectivity index (χ3v) is 5.27. The summed E-state index contributed by atoms with van der Waals surface area (Å²) in [7, 11) is 0. The Labute approximate surface area is 166 Å². The van der Waals surface area contributed by atoms with Crippen molar-refractivity contribution in [1.29, 1.82) is 0 Å². The van der Waals surface area contributed by atoms with Crippen LogP contribution in [-0.2, 0) is 0 Å². The quantitative estimate of drug-likeness (QED) is 0.391.